The third kappa shape index (κ3) is 13.0. The molecular weight excluding hydrogens is 540 g/mol. The molecule has 2 fully saturated rings. The van der Waals surface area contributed by atoms with Crippen molar-refractivity contribution in [2.24, 2.45) is 0 Å². The predicted molar refractivity (Wildman–Crippen MR) is 155 cm³/mol. The Bertz CT molecular complexity index is 1020. The van der Waals surface area contributed by atoms with Gasteiger partial charge in [-0.1, -0.05) is 24.3 Å². The van der Waals surface area contributed by atoms with E-state index in [-0.39, 0.29) is 12.1 Å². The molecule has 2 heterocycles. The number of piperazine rings is 2. The van der Waals surface area contributed by atoms with Crippen molar-refractivity contribution in [2.75, 3.05) is 79.7 Å². The van der Waals surface area contributed by atoms with Crippen LogP contribution in [-0.2, 0) is 9.59 Å². The zero-order chi connectivity index (χ0) is 30.7. The number of hydrogen-bond acceptors (Lipinski definition) is 10. The van der Waals surface area contributed by atoms with Crippen LogP contribution in [0, 0.1) is 0 Å². The lowest BCUT2D eigenvalue weighted by Gasteiger charge is -2.28. The first kappa shape index (κ1) is 34.7. The van der Waals surface area contributed by atoms with Crippen LogP contribution >= 0.6 is 0 Å². The van der Waals surface area contributed by atoms with Gasteiger partial charge in [-0.3, -0.25) is 9.80 Å². The zero-order valence-corrected chi connectivity index (χ0v) is 24.8. The molecule has 2 atom stereocenters. The Kier molecular flexibility index (Phi) is 16.2. The Balaban J connectivity index is 0.000000236. The Morgan fingerprint density at radius 2 is 1.07 bits per heavy atom. The molecule has 2 aromatic rings. The van der Waals surface area contributed by atoms with Crippen molar-refractivity contribution >= 4 is 11.9 Å². The van der Waals surface area contributed by atoms with Crippen LogP contribution in [0.5, 0.6) is 11.5 Å². The summed E-state index contributed by atoms with van der Waals surface area (Å²) in [6.45, 7) is 10.8. The number of benzene rings is 2. The number of carbonyl (C=O) groups excluding carboxylic acids is 2. The van der Waals surface area contributed by atoms with E-state index in [1.807, 2.05) is 36.4 Å². The highest BCUT2D eigenvalue weighted by atomic mass is 16.5. The molecular formula is C30H46N6O6. The van der Waals surface area contributed by atoms with E-state index in [1.54, 1.807) is 14.2 Å². The van der Waals surface area contributed by atoms with Crippen molar-refractivity contribution in [1.29, 1.82) is 0 Å². The van der Waals surface area contributed by atoms with Crippen molar-refractivity contribution in [3.05, 3.63) is 71.8 Å². The summed E-state index contributed by atoms with van der Waals surface area (Å²) in [7, 11) is 3.44. The van der Waals surface area contributed by atoms with Crippen molar-refractivity contribution in [3.8, 4) is 11.5 Å². The molecule has 8 N–H and O–H groups in total. The first-order valence-corrected chi connectivity index (χ1v) is 14.1. The van der Waals surface area contributed by atoms with Gasteiger partial charge in [0.1, 0.15) is 23.6 Å². The average Bonchev–Trinajstić information content (AvgIpc) is 3.01. The topological polar surface area (TPSA) is 185 Å². The molecule has 0 amide bonds. The van der Waals surface area contributed by atoms with Crippen molar-refractivity contribution in [2.45, 2.75) is 12.1 Å². The number of carboxylic acid groups (broad SMARTS) is 2. The number of carboxylic acids is 2. The van der Waals surface area contributed by atoms with Gasteiger partial charge in [0.15, 0.2) is 0 Å². The van der Waals surface area contributed by atoms with E-state index < -0.39 is 11.9 Å². The van der Waals surface area contributed by atoms with E-state index >= 15 is 0 Å². The summed E-state index contributed by atoms with van der Waals surface area (Å²) in [6, 6.07) is 16.9. The van der Waals surface area contributed by atoms with Crippen LogP contribution in [-0.4, -0.2) is 101 Å². The maximum absolute atomic E-state index is 9.41. The number of rotatable bonds is 10. The van der Waals surface area contributed by atoms with E-state index in [0.29, 0.717) is 12.2 Å². The fourth-order valence-electron chi connectivity index (χ4n) is 4.75. The number of nitrogens with one attached hydrogen (secondary N) is 2. The molecule has 12 heteroatoms. The fraction of sp³-hybridized carbons (Fsp3) is 0.467. The number of aliphatic carboxylic acids is 2. The molecule has 2 aromatic carbocycles. The first-order valence-electron chi connectivity index (χ1n) is 14.1. The van der Waals surface area contributed by atoms with Gasteiger partial charge in [-0.05, 0) is 36.4 Å². The Hall–Kier alpha value is -3.52. The van der Waals surface area contributed by atoms with Gasteiger partial charge in [-0.15, -0.1) is 0 Å². The van der Waals surface area contributed by atoms with E-state index in [1.165, 1.54) is 11.1 Å². The van der Waals surface area contributed by atoms with Crippen LogP contribution in [0.1, 0.15) is 23.2 Å². The molecule has 0 bridgehead atoms. The third-order valence-corrected chi connectivity index (χ3v) is 6.89. The fourth-order valence-corrected chi connectivity index (χ4v) is 4.75. The normalized spacial score (nSPS) is 17.1. The van der Waals surface area contributed by atoms with Gasteiger partial charge in [0, 0.05) is 52.4 Å². The van der Waals surface area contributed by atoms with Crippen LogP contribution in [0.15, 0.2) is 60.7 Å². The van der Waals surface area contributed by atoms with Crippen LogP contribution in [0.4, 0.5) is 0 Å². The largest absolute Gasteiger partial charge is 0.545 e. The minimum absolute atomic E-state index is 0.268. The molecule has 2 aliphatic heterocycles. The molecule has 2 unspecified atom stereocenters. The van der Waals surface area contributed by atoms with Gasteiger partial charge in [-0.2, -0.15) is 0 Å². The van der Waals surface area contributed by atoms with E-state index in [4.69, 9.17) is 9.47 Å². The predicted octanol–water partition coefficient (Wildman–Crippen LogP) is -3.19. The minimum atomic E-state index is -1.55. The number of carbonyl (C=O) groups is 2. The van der Waals surface area contributed by atoms with E-state index in [9.17, 15) is 19.8 Å². The SMILES string of the molecule is COc1ccccc1C([NH3+])CN1CCNCC1.COc1ccccc1C([NH3+])CN1CCNCC1.O=C([O-])/C=C/C(=O)[O-]. The molecule has 2 saturated heterocycles. The Morgan fingerprint density at radius 1 is 0.738 bits per heavy atom. The summed E-state index contributed by atoms with van der Waals surface area (Å²) in [6.07, 6.45) is 0.769. The lowest BCUT2D eigenvalue weighted by atomic mass is 10.1. The number of methoxy groups -OCH3 is 2. The molecule has 0 aliphatic carbocycles. The number of ether oxygens (including phenoxy) is 2. The van der Waals surface area contributed by atoms with Gasteiger partial charge >= 0.3 is 0 Å². The Morgan fingerprint density at radius 3 is 1.38 bits per heavy atom. The molecule has 0 radical (unpaired) electrons. The van der Waals surface area contributed by atoms with Crippen molar-refractivity contribution in [3.63, 3.8) is 0 Å². The summed E-state index contributed by atoms with van der Waals surface area (Å²) in [4.78, 5) is 23.7. The highest BCUT2D eigenvalue weighted by molar-refractivity contribution is 5.87. The summed E-state index contributed by atoms with van der Waals surface area (Å²) < 4.78 is 10.8. The second-order valence-electron chi connectivity index (χ2n) is 9.95. The van der Waals surface area contributed by atoms with Crippen molar-refractivity contribution in [1.82, 2.24) is 20.4 Å². The highest BCUT2D eigenvalue weighted by Gasteiger charge is 2.20. The maximum atomic E-state index is 9.41. The van der Waals surface area contributed by atoms with Crippen molar-refractivity contribution < 1.29 is 40.7 Å². The summed E-state index contributed by atoms with van der Waals surface area (Å²) in [5.41, 5.74) is 10.9. The minimum Gasteiger partial charge on any atom is -0.545 e. The zero-order valence-electron chi connectivity index (χ0n) is 24.8. The molecule has 0 aromatic heterocycles. The average molecular weight is 587 g/mol. The molecule has 2 aliphatic rings. The maximum Gasteiger partial charge on any atom is 0.128 e. The van der Waals surface area contributed by atoms with E-state index in [0.717, 1.165) is 76.9 Å². The smallest absolute Gasteiger partial charge is 0.128 e. The standard InChI is InChI=1S/2C13H21N3O.C4H4O4/c2*1-17-13-5-3-2-4-11(13)12(14)10-16-8-6-15-7-9-16;5-3(6)1-2-4(7)8/h2*2-5,12,15H,6-10,14H2,1H3;1-2H,(H,5,6)(H,7,8)/b;;2-1+. The monoisotopic (exact) mass is 586 g/mol. The molecule has 4 rings (SSSR count). The van der Waals surface area contributed by atoms with Crippen LogP contribution in [0.25, 0.3) is 0 Å². The molecule has 42 heavy (non-hydrogen) atoms. The number of nitrogens with zero attached hydrogens (tertiary/aromatic N) is 2. The molecule has 232 valence electrons. The second kappa shape index (κ2) is 19.6. The lowest BCUT2D eigenvalue weighted by Crippen LogP contribution is -2.59. The second-order valence-corrected chi connectivity index (χ2v) is 9.95. The van der Waals surface area contributed by atoms with Gasteiger partial charge in [-0.25, -0.2) is 0 Å². The Labute approximate surface area is 248 Å². The van der Waals surface area contributed by atoms with Gasteiger partial charge in [0.25, 0.3) is 0 Å². The summed E-state index contributed by atoms with van der Waals surface area (Å²) in [5.74, 6) is -1.20. The van der Waals surface area contributed by atoms with Crippen LogP contribution in [0.2, 0.25) is 0 Å². The third-order valence-electron chi connectivity index (χ3n) is 6.89. The molecule has 12 nitrogen and oxygen atoms in total. The van der Waals surface area contributed by atoms with E-state index in [2.05, 4.69) is 44.0 Å². The van der Waals surface area contributed by atoms with Gasteiger partial charge in [0.05, 0.1) is 50.4 Å². The number of para-hydroxylation sites is 2. The molecule has 0 saturated carbocycles. The van der Waals surface area contributed by atoms with Gasteiger partial charge < -0.3 is 51.4 Å². The van der Waals surface area contributed by atoms with Gasteiger partial charge in [0.2, 0.25) is 0 Å². The lowest BCUT2D eigenvalue weighted by molar-refractivity contribution is -0.428. The number of quaternary nitrogens is 2. The van der Waals surface area contributed by atoms with Crippen LogP contribution < -0.4 is 41.8 Å². The molecule has 0 spiro atoms. The van der Waals surface area contributed by atoms with Crippen LogP contribution in [0.3, 0.4) is 0 Å². The quantitative estimate of drug-likeness (QED) is 0.207. The first-order chi connectivity index (χ1) is 20.2. The highest BCUT2D eigenvalue weighted by Crippen LogP contribution is 2.23. The number of hydrogen-bond donors (Lipinski definition) is 4. The summed E-state index contributed by atoms with van der Waals surface area (Å²) >= 11 is 0. The summed E-state index contributed by atoms with van der Waals surface area (Å²) in [5, 5.41) is 25.6.